The number of hydrogen-bond acceptors (Lipinski definition) is 5. The van der Waals surface area contributed by atoms with Crippen molar-refractivity contribution in [3.05, 3.63) is 68.7 Å². The molecule has 0 bridgehead atoms. The van der Waals surface area contributed by atoms with Crippen molar-refractivity contribution in [2.45, 2.75) is 6.18 Å². The van der Waals surface area contributed by atoms with E-state index in [4.69, 9.17) is 0 Å². The molecule has 1 aromatic heterocycles. The number of nitriles is 1. The summed E-state index contributed by atoms with van der Waals surface area (Å²) in [7, 11) is 0. The lowest BCUT2D eigenvalue weighted by molar-refractivity contribution is -0.384. The van der Waals surface area contributed by atoms with Gasteiger partial charge in [0.2, 0.25) is 0 Å². The first-order valence-corrected chi connectivity index (χ1v) is 7.94. The molecule has 1 heterocycles. The van der Waals surface area contributed by atoms with Gasteiger partial charge in [-0.25, -0.2) is 4.98 Å². The molecule has 0 saturated heterocycles. The van der Waals surface area contributed by atoms with E-state index >= 15 is 0 Å². The fourth-order valence-electron chi connectivity index (χ4n) is 2.22. The summed E-state index contributed by atoms with van der Waals surface area (Å²) in [5, 5.41) is 20.3. The van der Waals surface area contributed by atoms with Crippen LogP contribution in [-0.2, 0) is 6.18 Å². The van der Waals surface area contributed by atoms with E-state index in [0.717, 1.165) is 23.5 Å². The first-order valence-electron chi connectivity index (χ1n) is 7.12. The second-order valence-electron chi connectivity index (χ2n) is 5.22. The predicted molar refractivity (Wildman–Crippen MR) is 91.2 cm³/mol. The molecule has 0 amide bonds. The Bertz CT molecular complexity index is 1060. The Morgan fingerprint density at radius 1 is 1.23 bits per heavy atom. The van der Waals surface area contributed by atoms with E-state index in [9.17, 15) is 28.5 Å². The first-order chi connectivity index (χ1) is 12.3. The third-order valence-electron chi connectivity index (χ3n) is 3.48. The van der Waals surface area contributed by atoms with Crippen molar-refractivity contribution in [2.24, 2.45) is 0 Å². The van der Waals surface area contributed by atoms with Gasteiger partial charge in [0.25, 0.3) is 5.69 Å². The zero-order valence-corrected chi connectivity index (χ0v) is 13.6. The number of hydrogen-bond donors (Lipinski definition) is 0. The van der Waals surface area contributed by atoms with Crippen LogP contribution in [0.5, 0.6) is 0 Å². The number of halogens is 3. The lowest BCUT2D eigenvalue weighted by Crippen LogP contribution is -2.03. The lowest BCUT2D eigenvalue weighted by atomic mass is 10.1. The molecule has 0 saturated carbocycles. The Balaban J connectivity index is 1.99. The second kappa shape index (κ2) is 6.57. The summed E-state index contributed by atoms with van der Waals surface area (Å²) in [4.78, 5) is 14.2. The van der Waals surface area contributed by atoms with Gasteiger partial charge in [0, 0.05) is 12.1 Å². The number of aromatic nitrogens is 1. The SMILES string of the molecule is N#C/C(=C\c1ccc([N+](=O)[O-])cc1)c1nc2cc(C(F)(F)F)ccc2s1. The van der Waals surface area contributed by atoms with Gasteiger partial charge in [-0.1, -0.05) is 0 Å². The van der Waals surface area contributed by atoms with Gasteiger partial charge in [-0.05, 0) is 42.0 Å². The number of thiazole rings is 1. The Morgan fingerprint density at radius 2 is 1.92 bits per heavy atom. The zero-order chi connectivity index (χ0) is 18.9. The van der Waals surface area contributed by atoms with E-state index in [1.165, 1.54) is 36.4 Å². The van der Waals surface area contributed by atoms with Crippen molar-refractivity contribution in [3.8, 4) is 6.07 Å². The largest absolute Gasteiger partial charge is 0.416 e. The summed E-state index contributed by atoms with van der Waals surface area (Å²) in [6.45, 7) is 0. The zero-order valence-electron chi connectivity index (χ0n) is 12.8. The van der Waals surface area contributed by atoms with Crippen LogP contribution in [0.15, 0.2) is 42.5 Å². The quantitative estimate of drug-likeness (QED) is 0.354. The van der Waals surface area contributed by atoms with Crippen LogP contribution in [0.3, 0.4) is 0 Å². The van der Waals surface area contributed by atoms with Gasteiger partial charge in [-0.3, -0.25) is 10.1 Å². The number of rotatable bonds is 3. The molecule has 9 heteroatoms. The van der Waals surface area contributed by atoms with Crippen LogP contribution in [0.2, 0.25) is 0 Å². The van der Waals surface area contributed by atoms with Gasteiger partial charge in [0.15, 0.2) is 0 Å². The minimum Gasteiger partial charge on any atom is -0.258 e. The third-order valence-corrected chi connectivity index (χ3v) is 4.55. The number of fused-ring (bicyclic) bond motifs is 1. The Kier molecular flexibility index (Phi) is 4.44. The van der Waals surface area contributed by atoms with Crippen molar-refractivity contribution in [2.75, 3.05) is 0 Å². The Hall–Kier alpha value is -3.25. The van der Waals surface area contributed by atoms with Crippen LogP contribution in [0.25, 0.3) is 21.9 Å². The van der Waals surface area contributed by atoms with Crippen molar-refractivity contribution >= 4 is 38.9 Å². The number of nitro benzene ring substituents is 1. The number of nitrogens with zero attached hydrogens (tertiary/aromatic N) is 3. The first kappa shape index (κ1) is 17.6. The van der Waals surface area contributed by atoms with E-state index in [-0.39, 0.29) is 21.8 Å². The highest BCUT2D eigenvalue weighted by atomic mass is 32.1. The molecule has 0 N–H and O–H groups in total. The third kappa shape index (κ3) is 3.55. The molecule has 0 aliphatic carbocycles. The van der Waals surface area contributed by atoms with Crippen LogP contribution in [0.4, 0.5) is 18.9 Å². The summed E-state index contributed by atoms with van der Waals surface area (Å²) >= 11 is 1.10. The summed E-state index contributed by atoms with van der Waals surface area (Å²) < 4.78 is 38.9. The van der Waals surface area contributed by atoms with E-state index in [1.54, 1.807) is 0 Å². The molecule has 0 spiro atoms. The molecule has 0 aliphatic heterocycles. The molecular weight excluding hydrogens is 367 g/mol. The van der Waals surface area contributed by atoms with Gasteiger partial charge < -0.3 is 0 Å². The van der Waals surface area contributed by atoms with Crippen LogP contribution in [0.1, 0.15) is 16.1 Å². The van der Waals surface area contributed by atoms with Crippen LogP contribution in [-0.4, -0.2) is 9.91 Å². The van der Waals surface area contributed by atoms with E-state index in [0.29, 0.717) is 10.3 Å². The minimum atomic E-state index is -4.47. The van der Waals surface area contributed by atoms with Crippen molar-refractivity contribution < 1.29 is 18.1 Å². The maximum atomic E-state index is 12.8. The van der Waals surface area contributed by atoms with Crippen LogP contribution >= 0.6 is 11.3 Å². The molecule has 3 aromatic rings. The molecule has 130 valence electrons. The number of allylic oxidation sites excluding steroid dienone is 1. The molecule has 0 fully saturated rings. The monoisotopic (exact) mass is 375 g/mol. The highest BCUT2D eigenvalue weighted by molar-refractivity contribution is 7.19. The molecule has 0 aliphatic rings. The molecule has 5 nitrogen and oxygen atoms in total. The maximum Gasteiger partial charge on any atom is 0.416 e. The average molecular weight is 375 g/mol. The molecule has 3 rings (SSSR count). The lowest BCUT2D eigenvalue weighted by Gasteiger charge is -2.04. The van der Waals surface area contributed by atoms with E-state index in [1.807, 2.05) is 6.07 Å². The average Bonchev–Trinajstić information content (AvgIpc) is 3.02. The maximum absolute atomic E-state index is 12.8. The summed E-state index contributed by atoms with van der Waals surface area (Å²) in [6, 6.07) is 10.7. The number of benzene rings is 2. The normalized spacial score (nSPS) is 12.2. The highest BCUT2D eigenvalue weighted by Crippen LogP contribution is 2.34. The minimum absolute atomic E-state index is 0.0830. The van der Waals surface area contributed by atoms with Crippen molar-refractivity contribution in [1.29, 1.82) is 5.26 Å². The summed E-state index contributed by atoms with van der Waals surface area (Å²) in [6.07, 6.45) is -2.99. The Labute approximate surface area is 148 Å². The van der Waals surface area contributed by atoms with Gasteiger partial charge in [0.05, 0.1) is 26.3 Å². The fraction of sp³-hybridized carbons (Fsp3) is 0.0588. The number of non-ortho nitro benzene ring substituents is 1. The predicted octanol–water partition coefficient (Wildman–Crippen LogP) is 5.29. The van der Waals surface area contributed by atoms with Gasteiger partial charge >= 0.3 is 6.18 Å². The Morgan fingerprint density at radius 3 is 2.50 bits per heavy atom. The second-order valence-corrected chi connectivity index (χ2v) is 6.25. The summed E-state index contributed by atoms with van der Waals surface area (Å²) in [5.41, 5.74) is -0.0271. The summed E-state index contributed by atoms with van der Waals surface area (Å²) in [5.74, 6) is 0. The fourth-order valence-corrected chi connectivity index (χ4v) is 3.13. The molecule has 26 heavy (non-hydrogen) atoms. The molecule has 2 aromatic carbocycles. The molecule has 0 radical (unpaired) electrons. The molecular formula is C17H8F3N3O2S. The molecule has 0 unspecified atom stereocenters. The van der Waals surface area contributed by atoms with E-state index in [2.05, 4.69) is 4.98 Å². The smallest absolute Gasteiger partial charge is 0.258 e. The van der Waals surface area contributed by atoms with Crippen molar-refractivity contribution in [3.63, 3.8) is 0 Å². The standard InChI is InChI=1S/C17H8F3N3O2S/c18-17(19,20)12-3-6-15-14(8-12)22-16(26-15)11(9-21)7-10-1-4-13(5-2-10)23(24)25/h1-8H/b11-7+. The van der Waals surface area contributed by atoms with Crippen molar-refractivity contribution in [1.82, 2.24) is 4.98 Å². The number of nitro groups is 1. The number of alkyl halides is 3. The van der Waals surface area contributed by atoms with E-state index < -0.39 is 16.7 Å². The van der Waals surface area contributed by atoms with Crippen LogP contribution in [0, 0.1) is 21.4 Å². The topological polar surface area (TPSA) is 79.8 Å². The molecule has 0 atom stereocenters. The van der Waals surface area contributed by atoms with Gasteiger partial charge in [0.1, 0.15) is 11.1 Å². The van der Waals surface area contributed by atoms with Gasteiger partial charge in [-0.2, -0.15) is 18.4 Å². The van der Waals surface area contributed by atoms with Gasteiger partial charge in [-0.15, -0.1) is 11.3 Å². The highest BCUT2D eigenvalue weighted by Gasteiger charge is 2.30. The van der Waals surface area contributed by atoms with Crippen LogP contribution < -0.4 is 0 Å².